The maximum Gasteiger partial charge on any atom is 0.247 e. The first-order valence-electron chi connectivity index (χ1n) is 12.6. The molecule has 2 saturated heterocycles. The lowest BCUT2D eigenvalue weighted by atomic mass is 9.77. The Bertz CT molecular complexity index is 1050. The molecule has 1 aliphatic carbocycles. The Kier molecular flexibility index (Phi) is 6.98. The number of rotatable bonds is 5. The number of nitrogens with one attached hydrogen (secondary N) is 2. The van der Waals surface area contributed by atoms with Crippen LogP contribution < -0.4 is 15.4 Å². The van der Waals surface area contributed by atoms with Crippen molar-refractivity contribution in [3.05, 3.63) is 42.0 Å². The van der Waals surface area contributed by atoms with Crippen LogP contribution in [0.15, 0.2) is 36.4 Å². The number of hydrogen-bond acceptors (Lipinski definition) is 6. The van der Waals surface area contributed by atoms with Crippen LogP contribution in [0.5, 0.6) is 5.75 Å². The Morgan fingerprint density at radius 2 is 1.86 bits per heavy atom. The maximum absolute atomic E-state index is 14.0. The molecule has 5 atom stereocenters. The van der Waals surface area contributed by atoms with Crippen LogP contribution in [0.3, 0.4) is 0 Å². The highest BCUT2D eigenvalue weighted by Crippen LogP contribution is 2.51. The molecule has 9 nitrogen and oxygen atoms in total. The number of amides is 3. The number of nitrogens with zero attached hydrogens (tertiary/aromatic N) is 2. The van der Waals surface area contributed by atoms with Crippen LogP contribution in [0, 0.1) is 5.41 Å². The molecular weight excluding hydrogens is 484 g/mol. The fourth-order valence-corrected chi connectivity index (χ4v) is 5.99. The third-order valence-electron chi connectivity index (χ3n) is 7.99. The molecule has 1 aromatic rings. The Labute approximate surface area is 216 Å². The largest absolute Gasteiger partial charge is 0.493 e. The van der Waals surface area contributed by atoms with Crippen molar-refractivity contribution in [1.29, 1.82) is 0 Å². The van der Waals surface area contributed by atoms with Crippen LogP contribution >= 0.6 is 11.8 Å². The summed E-state index contributed by atoms with van der Waals surface area (Å²) in [4.78, 5) is 42.1. The number of allylic oxidation sites excluding steroid dienone is 2. The van der Waals surface area contributed by atoms with E-state index in [2.05, 4.69) is 22.8 Å². The van der Waals surface area contributed by atoms with Crippen LogP contribution in [0.4, 0.5) is 0 Å². The van der Waals surface area contributed by atoms with Gasteiger partial charge in [-0.3, -0.25) is 14.4 Å². The smallest absolute Gasteiger partial charge is 0.247 e. The molecule has 10 heteroatoms. The van der Waals surface area contributed by atoms with Gasteiger partial charge in [0.05, 0.1) is 19.3 Å². The van der Waals surface area contributed by atoms with Crippen molar-refractivity contribution in [1.82, 2.24) is 20.0 Å². The highest BCUT2D eigenvalue weighted by atomic mass is 35.5. The van der Waals surface area contributed by atoms with Gasteiger partial charge in [0.25, 0.3) is 0 Å². The minimum absolute atomic E-state index is 0.194. The molecule has 0 radical (unpaired) electrons. The van der Waals surface area contributed by atoms with Crippen LogP contribution in [-0.4, -0.2) is 71.7 Å². The molecule has 2 N–H and O–H groups in total. The summed E-state index contributed by atoms with van der Waals surface area (Å²) >= 11 is 5.96. The van der Waals surface area contributed by atoms with Gasteiger partial charge in [-0.1, -0.05) is 30.4 Å². The number of likely N-dealkylation sites (N-methyl/N-ethyl adjacent to an activating group) is 1. The lowest BCUT2D eigenvalue weighted by Crippen LogP contribution is -2.58. The Hall–Kier alpha value is -2.62. The minimum atomic E-state index is -0.787. The van der Waals surface area contributed by atoms with Crippen molar-refractivity contribution < 1.29 is 23.9 Å². The van der Waals surface area contributed by atoms with E-state index in [-0.39, 0.29) is 23.8 Å². The molecule has 1 spiro atoms. The number of para-hydroxylation sites is 1. The number of carbonyl (C=O) groups excluding carboxylic acids is 3. The second-order valence-corrected chi connectivity index (χ2v) is 10.7. The fourth-order valence-electron chi connectivity index (χ4n) is 5.90. The van der Waals surface area contributed by atoms with Gasteiger partial charge in [0.15, 0.2) is 0 Å². The minimum Gasteiger partial charge on any atom is -0.493 e. The van der Waals surface area contributed by atoms with E-state index in [0.717, 1.165) is 11.3 Å². The summed E-state index contributed by atoms with van der Waals surface area (Å²) < 4.78 is 13.2. The Morgan fingerprint density at radius 1 is 1.14 bits per heavy atom. The third kappa shape index (κ3) is 4.48. The first kappa shape index (κ1) is 25.0. The van der Waals surface area contributed by atoms with Gasteiger partial charge in [-0.15, -0.1) is 0 Å². The van der Waals surface area contributed by atoms with Crippen molar-refractivity contribution in [2.24, 2.45) is 5.41 Å². The Balaban J connectivity index is 1.41. The van der Waals surface area contributed by atoms with Gasteiger partial charge in [-0.05, 0) is 37.6 Å². The number of benzene rings is 1. The van der Waals surface area contributed by atoms with E-state index >= 15 is 0 Å². The normalized spacial score (nSPS) is 29.3. The number of ether oxygens (including phenoxy) is 2. The van der Waals surface area contributed by atoms with Gasteiger partial charge >= 0.3 is 0 Å². The molecule has 3 aliphatic heterocycles. The molecule has 0 saturated carbocycles. The third-order valence-corrected chi connectivity index (χ3v) is 8.28. The van der Waals surface area contributed by atoms with Crippen LogP contribution in [0.25, 0.3) is 0 Å². The lowest BCUT2D eigenvalue weighted by molar-refractivity contribution is -0.150. The van der Waals surface area contributed by atoms with Crippen molar-refractivity contribution in [3.8, 4) is 5.75 Å². The number of halogens is 1. The zero-order chi connectivity index (χ0) is 25.4. The highest BCUT2D eigenvalue weighted by molar-refractivity contribution is 6.14. The van der Waals surface area contributed by atoms with E-state index in [1.165, 1.54) is 4.42 Å². The van der Waals surface area contributed by atoms with E-state index in [4.69, 9.17) is 21.3 Å². The van der Waals surface area contributed by atoms with E-state index < -0.39 is 29.8 Å². The van der Waals surface area contributed by atoms with Gasteiger partial charge in [-0.2, -0.15) is 0 Å². The molecule has 194 valence electrons. The van der Waals surface area contributed by atoms with Crippen molar-refractivity contribution in [2.45, 2.75) is 69.4 Å². The molecule has 5 rings (SSSR count). The van der Waals surface area contributed by atoms with Crippen LogP contribution in [0.1, 0.15) is 50.6 Å². The monoisotopic (exact) mass is 516 g/mol. The highest BCUT2D eigenvalue weighted by Gasteiger charge is 2.59. The molecule has 1 aromatic carbocycles. The van der Waals surface area contributed by atoms with E-state index in [1.54, 1.807) is 18.9 Å². The summed E-state index contributed by atoms with van der Waals surface area (Å²) in [6, 6.07) is 5.40. The first-order chi connectivity index (χ1) is 17.3. The predicted molar refractivity (Wildman–Crippen MR) is 133 cm³/mol. The van der Waals surface area contributed by atoms with Gasteiger partial charge in [0.2, 0.25) is 17.7 Å². The van der Waals surface area contributed by atoms with Crippen molar-refractivity contribution >= 4 is 29.5 Å². The summed E-state index contributed by atoms with van der Waals surface area (Å²) in [6.07, 6.45) is 6.62. The Morgan fingerprint density at radius 3 is 2.61 bits per heavy atom. The van der Waals surface area contributed by atoms with E-state index in [0.29, 0.717) is 45.3 Å². The zero-order valence-electron chi connectivity index (χ0n) is 20.6. The summed E-state index contributed by atoms with van der Waals surface area (Å²) in [7, 11) is 1.59. The average molecular weight is 517 g/mol. The second-order valence-electron chi connectivity index (χ2n) is 10.2. The molecule has 3 amide bonds. The predicted octanol–water partition coefficient (Wildman–Crippen LogP) is 2.27. The molecule has 0 unspecified atom stereocenters. The molecule has 2 fully saturated rings. The second kappa shape index (κ2) is 10.0. The SMILES string of the molecule is C[C@@H](C(=O)N[C@H]1CCO[C@H]2CC3(CC=CC3)[C@@H](C(=O)N[C@@H]3CCOc4ccccc43)N2C1=O)N(C)Cl. The van der Waals surface area contributed by atoms with Crippen molar-refractivity contribution in [2.75, 3.05) is 20.3 Å². The number of hydrogen-bond donors (Lipinski definition) is 2. The topological polar surface area (TPSA) is 100 Å². The molecule has 0 aromatic heterocycles. The maximum atomic E-state index is 14.0. The fraction of sp³-hybridized carbons (Fsp3) is 0.577. The standard InChI is InChI=1S/C26H33ClN4O5/c1-16(30(2)27)23(32)29-19-10-14-36-21-15-26(11-5-6-12-26)22(31(21)25(19)34)24(33)28-18-9-13-35-20-8-4-3-7-17(18)20/h3-8,16,18-19,21-22H,9-15H2,1-2H3,(H,28,33)(H,29,32)/t16-,18+,19-,21-,22+/m0/s1. The molecular formula is C26H33ClN4O5. The quantitative estimate of drug-likeness (QED) is 0.460. The first-order valence-corrected chi connectivity index (χ1v) is 12.9. The van der Waals surface area contributed by atoms with E-state index in [9.17, 15) is 14.4 Å². The average Bonchev–Trinajstić information content (AvgIpc) is 3.43. The van der Waals surface area contributed by atoms with Gasteiger partial charge in [0, 0.05) is 37.3 Å². The number of carbonyl (C=O) groups is 3. The molecule has 3 heterocycles. The van der Waals surface area contributed by atoms with Gasteiger partial charge in [-0.25, -0.2) is 4.42 Å². The van der Waals surface area contributed by atoms with Crippen molar-refractivity contribution in [3.63, 3.8) is 0 Å². The number of fused-ring (bicyclic) bond motifs is 2. The summed E-state index contributed by atoms with van der Waals surface area (Å²) in [5.41, 5.74) is 0.512. The summed E-state index contributed by atoms with van der Waals surface area (Å²) in [6.45, 7) is 2.49. The van der Waals surface area contributed by atoms with E-state index in [1.807, 2.05) is 24.3 Å². The summed E-state index contributed by atoms with van der Waals surface area (Å²) in [5.74, 6) is -0.0567. The van der Waals surface area contributed by atoms with Crippen LogP contribution in [0.2, 0.25) is 0 Å². The molecule has 0 bridgehead atoms. The molecule has 36 heavy (non-hydrogen) atoms. The van der Waals surface area contributed by atoms with Crippen LogP contribution in [-0.2, 0) is 19.1 Å². The molecule has 4 aliphatic rings. The van der Waals surface area contributed by atoms with Gasteiger partial charge < -0.3 is 25.0 Å². The lowest BCUT2D eigenvalue weighted by Gasteiger charge is -2.37. The summed E-state index contributed by atoms with van der Waals surface area (Å²) in [5, 5.41) is 6.06. The van der Waals surface area contributed by atoms with Gasteiger partial charge in [0.1, 0.15) is 30.1 Å². The zero-order valence-corrected chi connectivity index (χ0v) is 21.4.